The van der Waals surface area contributed by atoms with E-state index < -0.39 is 0 Å². The van der Waals surface area contributed by atoms with Crippen LogP contribution in [0.15, 0.2) is 30.9 Å². The molecule has 0 atom stereocenters. The van der Waals surface area contributed by atoms with Gasteiger partial charge >= 0.3 is 0 Å². The molecule has 0 aliphatic rings. The maximum Gasteiger partial charge on any atom is 0.123 e. The Balaban J connectivity index is 2.68. The van der Waals surface area contributed by atoms with Crippen molar-refractivity contribution in [1.82, 2.24) is 9.55 Å². The Bertz CT molecular complexity index is 502. The maximum absolute atomic E-state index is 5.90. The second kappa shape index (κ2) is 4.04. The Morgan fingerprint density at radius 1 is 1.53 bits per heavy atom. The van der Waals surface area contributed by atoms with Crippen LogP contribution < -0.4 is 5.73 Å². The summed E-state index contributed by atoms with van der Waals surface area (Å²) in [6.45, 7) is 4.85. The Labute approximate surface area is 93.2 Å². The van der Waals surface area contributed by atoms with Crippen molar-refractivity contribution in [3.63, 3.8) is 0 Å². The number of aromatic nitrogens is 2. The summed E-state index contributed by atoms with van der Waals surface area (Å²) in [5.41, 5.74) is 7.55. The van der Waals surface area contributed by atoms with E-state index in [1.165, 1.54) is 0 Å². The standard InChI is InChI=1S/C11H12ClN3/c1-2-5-15-10-4-3-8(12)6-9(10)14-11(15)7-13/h2-4,6H,1,5,7,13H2. The number of imidazole rings is 1. The summed E-state index contributed by atoms with van der Waals surface area (Å²) in [5, 5.41) is 0.689. The fourth-order valence-corrected chi connectivity index (χ4v) is 1.81. The summed E-state index contributed by atoms with van der Waals surface area (Å²) in [5.74, 6) is 0.854. The van der Waals surface area contributed by atoms with Crippen LogP contribution in [0.4, 0.5) is 0 Å². The average molecular weight is 222 g/mol. The van der Waals surface area contributed by atoms with Crippen molar-refractivity contribution < 1.29 is 0 Å². The van der Waals surface area contributed by atoms with Gasteiger partial charge in [0.05, 0.1) is 17.6 Å². The Morgan fingerprint density at radius 3 is 3.00 bits per heavy atom. The fourth-order valence-electron chi connectivity index (χ4n) is 1.64. The lowest BCUT2D eigenvalue weighted by molar-refractivity contribution is 0.759. The lowest BCUT2D eigenvalue weighted by Crippen LogP contribution is -2.07. The Hall–Kier alpha value is -1.32. The zero-order valence-electron chi connectivity index (χ0n) is 8.28. The summed E-state index contributed by atoms with van der Waals surface area (Å²) in [6, 6.07) is 5.65. The normalized spacial score (nSPS) is 10.8. The van der Waals surface area contributed by atoms with Gasteiger partial charge in [0.1, 0.15) is 5.82 Å². The third kappa shape index (κ3) is 1.76. The maximum atomic E-state index is 5.90. The molecule has 0 bridgehead atoms. The Kier molecular flexibility index (Phi) is 2.75. The van der Waals surface area contributed by atoms with E-state index in [9.17, 15) is 0 Å². The van der Waals surface area contributed by atoms with Gasteiger partial charge in [0.2, 0.25) is 0 Å². The number of nitrogens with two attached hydrogens (primary N) is 1. The molecule has 4 heteroatoms. The molecule has 0 spiro atoms. The van der Waals surface area contributed by atoms with Crippen molar-refractivity contribution in [3.8, 4) is 0 Å². The first-order valence-corrected chi connectivity index (χ1v) is 5.09. The van der Waals surface area contributed by atoms with E-state index in [2.05, 4.69) is 11.6 Å². The summed E-state index contributed by atoms with van der Waals surface area (Å²) >= 11 is 5.90. The molecule has 2 aromatic rings. The molecule has 0 amide bonds. The molecule has 78 valence electrons. The zero-order valence-corrected chi connectivity index (χ0v) is 9.04. The van der Waals surface area contributed by atoms with Crippen LogP contribution in [0, 0.1) is 0 Å². The molecule has 1 aromatic carbocycles. The predicted octanol–water partition coefficient (Wildman–Crippen LogP) is 2.33. The number of allylic oxidation sites excluding steroid dienone is 1. The first-order valence-electron chi connectivity index (χ1n) is 4.72. The van der Waals surface area contributed by atoms with Crippen LogP contribution >= 0.6 is 11.6 Å². The van der Waals surface area contributed by atoms with E-state index in [0.717, 1.165) is 16.9 Å². The van der Waals surface area contributed by atoms with E-state index in [4.69, 9.17) is 17.3 Å². The monoisotopic (exact) mass is 221 g/mol. The van der Waals surface area contributed by atoms with Gasteiger partial charge in [-0.15, -0.1) is 6.58 Å². The zero-order chi connectivity index (χ0) is 10.8. The van der Waals surface area contributed by atoms with Crippen LogP contribution in [0.25, 0.3) is 11.0 Å². The average Bonchev–Trinajstić information content (AvgIpc) is 2.56. The molecule has 0 saturated carbocycles. The van der Waals surface area contributed by atoms with Crippen molar-refractivity contribution in [2.75, 3.05) is 0 Å². The van der Waals surface area contributed by atoms with Gasteiger partial charge in [-0.2, -0.15) is 0 Å². The van der Waals surface area contributed by atoms with E-state index >= 15 is 0 Å². The molecule has 0 saturated heterocycles. The van der Waals surface area contributed by atoms with E-state index in [1.807, 2.05) is 28.8 Å². The fraction of sp³-hybridized carbons (Fsp3) is 0.182. The van der Waals surface area contributed by atoms with Gasteiger partial charge in [-0.05, 0) is 18.2 Å². The molecule has 1 heterocycles. The highest BCUT2D eigenvalue weighted by atomic mass is 35.5. The predicted molar refractivity (Wildman–Crippen MR) is 62.8 cm³/mol. The van der Waals surface area contributed by atoms with Crippen molar-refractivity contribution in [2.45, 2.75) is 13.1 Å². The lowest BCUT2D eigenvalue weighted by Gasteiger charge is -2.03. The van der Waals surface area contributed by atoms with Crippen LogP contribution in [0.5, 0.6) is 0 Å². The minimum absolute atomic E-state index is 0.417. The summed E-state index contributed by atoms with van der Waals surface area (Å²) < 4.78 is 2.04. The molecule has 0 aliphatic heterocycles. The number of rotatable bonds is 3. The quantitative estimate of drug-likeness (QED) is 0.809. The molecule has 3 nitrogen and oxygen atoms in total. The third-order valence-electron chi connectivity index (χ3n) is 2.28. The first-order chi connectivity index (χ1) is 7.26. The SMILES string of the molecule is C=CCn1c(CN)nc2cc(Cl)ccc21. The van der Waals surface area contributed by atoms with Crippen LogP contribution in [-0.2, 0) is 13.1 Å². The first kappa shape index (κ1) is 10.2. The largest absolute Gasteiger partial charge is 0.324 e. The van der Waals surface area contributed by atoms with E-state index in [-0.39, 0.29) is 0 Å². The number of nitrogens with zero attached hydrogens (tertiary/aromatic N) is 2. The van der Waals surface area contributed by atoms with Gasteiger partial charge in [0, 0.05) is 11.6 Å². The van der Waals surface area contributed by atoms with Crippen molar-refractivity contribution >= 4 is 22.6 Å². The van der Waals surface area contributed by atoms with Gasteiger partial charge in [0.15, 0.2) is 0 Å². The molecule has 0 aliphatic carbocycles. The van der Waals surface area contributed by atoms with Crippen LogP contribution in [0.3, 0.4) is 0 Å². The summed E-state index contributed by atoms with van der Waals surface area (Å²) in [7, 11) is 0. The molecule has 0 fully saturated rings. The second-order valence-electron chi connectivity index (χ2n) is 3.26. The highest BCUT2D eigenvalue weighted by molar-refractivity contribution is 6.31. The lowest BCUT2D eigenvalue weighted by atomic mass is 10.3. The molecular weight excluding hydrogens is 210 g/mol. The van der Waals surface area contributed by atoms with Crippen LogP contribution in [0.1, 0.15) is 5.82 Å². The number of benzene rings is 1. The van der Waals surface area contributed by atoms with Gasteiger partial charge in [-0.1, -0.05) is 17.7 Å². The van der Waals surface area contributed by atoms with E-state index in [0.29, 0.717) is 18.1 Å². The summed E-state index contributed by atoms with van der Waals surface area (Å²) in [6.07, 6.45) is 1.83. The van der Waals surface area contributed by atoms with Crippen LogP contribution in [0.2, 0.25) is 5.02 Å². The highest BCUT2D eigenvalue weighted by Crippen LogP contribution is 2.20. The van der Waals surface area contributed by atoms with Crippen molar-refractivity contribution in [3.05, 3.63) is 41.7 Å². The number of hydrogen-bond acceptors (Lipinski definition) is 2. The van der Waals surface area contributed by atoms with Crippen molar-refractivity contribution in [1.29, 1.82) is 0 Å². The molecule has 1 aromatic heterocycles. The minimum Gasteiger partial charge on any atom is -0.324 e. The molecule has 15 heavy (non-hydrogen) atoms. The molecule has 0 unspecified atom stereocenters. The topological polar surface area (TPSA) is 43.8 Å². The van der Waals surface area contributed by atoms with Crippen LogP contribution in [-0.4, -0.2) is 9.55 Å². The number of fused-ring (bicyclic) bond motifs is 1. The second-order valence-corrected chi connectivity index (χ2v) is 3.70. The van der Waals surface area contributed by atoms with E-state index in [1.54, 1.807) is 0 Å². The third-order valence-corrected chi connectivity index (χ3v) is 2.52. The van der Waals surface area contributed by atoms with Crippen molar-refractivity contribution in [2.24, 2.45) is 5.73 Å². The minimum atomic E-state index is 0.417. The van der Waals surface area contributed by atoms with Gasteiger partial charge in [0.25, 0.3) is 0 Å². The molecular formula is C11H12ClN3. The number of halogens is 1. The number of hydrogen-bond donors (Lipinski definition) is 1. The smallest absolute Gasteiger partial charge is 0.123 e. The van der Waals surface area contributed by atoms with Gasteiger partial charge in [-0.3, -0.25) is 0 Å². The highest BCUT2D eigenvalue weighted by Gasteiger charge is 2.08. The molecule has 2 rings (SSSR count). The molecule has 0 radical (unpaired) electrons. The van der Waals surface area contributed by atoms with Gasteiger partial charge < -0.3 is 10.3 Å². The molecule has 2 N–H and O–H groups in total. The van der Waals surface area contributed by atoms with Gasteiger partial charge in [-0.25, -0.2) is 4.98 Å². The Morgan fingerprint density at radius 2 is 2.33 bits per heavy atom. The summed E-state index contributed by atoms with van der Waals surface area (Å²) in [4.78, 5) is 4.42.